The molecule has 0 unspecified atom stereocenters. The Balaban J connectivity index is 2.14. The van der Waals surface area contributed by atoms with Crippen LogP contribution >= 0.6 is 0 Å². The van der Waals surface area contributed by atoms with Crippen molar-refractivity contribution in [3.05, 3.63) is 36.7 Å². The highest BCUT2D eigenvalue weighted by molar-refractivity contribution is 7.89. The van der Waals surface area contributed by atoms with Crippen LogP contribution in [0.2, 0.25) is 0 Å². The van der Waals surface area contributed by atoms with E-state index in [0.717, 1.165) is 23.9 Å². The standard InChI is InChI=1S/C14H17N3O2S/c1-11-9-16-7-8-17(11)20(18,19)14-4-2-3-12-10-15-6-5-13(12)14/h2-6,10-11,16H,7-9H2,1H3/p+1/t11-/m1/s1. The Labute approximate surface area is 118 Å². The van der Waals surface area contributed by atoms with Crippen molar-refractivity contribution in [2.24, 2.45) is 0 Å². The number of rotatable bonds is 2. The van der Waals surface area contributed by atoms with Gasteiger partial charge in [0.1, 0.15) is 0 Å². The van der Waals surface area contributed by atoms with Gasteiger partial charge < -0.3 is 5.32 Å². The second-order valence-corrected chi connectivity index (χ2v) is 6.99. The van der Waals surface area contributed by atoms with Gasteiger partial charge in [0.15, 0.2) is 0 Å². The molecule has 2 aromatic rings. The summed E-state index contributed by atoms with van der Waals surface area (Å²) < 4.78 is 27.4. The molecule has 1 aliphatic heterocycles. The smallest absolute Gasteiger partial charge is 0.244 e. The molecule has 1 atom stereocenters. The van der Waals surface area contributed by atoms with Crippen LogP contribution < -0.4 is 5.32 Å². The van der Waals surface area contributed by atoms with Crippen LogP contribution in [0.25, 0.3) is 10.8 Å². The summed E-state index contributed by atoms with van der Waals surface area (Å²) in [6.07, 6.45) is 3.33. The Morgan fingerprint density at radius 1 is 1.35 bits per heavy atom. The molecule has 1 aromatic heterocycles. The van der Waals surface area contributed by atoms with E-state index < -0.39 is 10.0 Å². The highest BCUT2D eigenvalue weighted by atomic mass is 32.2. The summed E-state index contributed by atoms with van der Waals surface area (Å²) in [7, 11) is -3.45. The number of quaternary nitrogens is 1. The summed E-state index contributed by atoms with van der Waals surface area (Å²) >= 11 is 0. The molecule has 0 amide bonds. The maximum atomic E-state index is 12.9. The second kappa shape index (κ2) is 5.12. The molecule has 2 N–H and O–H groups in total. The number of hydrogen-bond donors (Lipinski definition) is 1. The lowest BCUT2D eigenvalue weighted by atomic mass is 10.2. The highest BCUT2D eigenvalue weighted by Crippen LogP contribution is 2.26. The normalized spacial score (nSPS) is 21.1. The zero-order valence-corrected chi connectivity index (χ0v) is 12.2. The van der Waals surface area contributed by atoms with Crippen molar-refractivity contribution in [3.63, 3.8) is 0 Å². The minimum Gasteiger partial charge on any atom is -0.344 e. The molecule has 6 heteroatoms. The van der Waals surface area contributed by atoms with E-state index in [1.54, 1.807) is 34.9 Å². The molecule has 2 heterocycles. The molecule has 5 nitrogen and oxygen atoms in total. The topological polar surface area (TPSA) is 66.9 Å². The Hall–Kier alpha value is -1.50. The molecule has 0 saturated carbocycles. The van der Waals surface area contributed by atoms with Crippen LogP contribution in [0.15, 0.2) is 41.6 Å². The molecular weight excluding hydrogens is 274 g/mol. The number of piperazine rings is 1. The van der Waals surface area contributed by atoms with Gasteiger partial charge in [0.25, 0.3) is 0 Å². The van der Waals surface area contributed by atoms with Gasteiger partial charge in [0.05, 0.1) is 30.6 Å². The Kier molecular flexibility index (Phi) is 3.45. The van der Waals surface area contributed by atoms with Crippen molar-refractivity contribution in [2.75, 3.05) is 19.6 Å². The van der Waals surface area contributed by atoms with Gasteiger partial charge in [-0.1, -0.05) is 12.1 Å². The number of nitrogens with zero attached hydrogens (tertiary/aromatic N) is 2. The molecule has 0 radical (unpaired) electrons. The fourth-order valence-electron chi connectivity index (χ4n) is 2.72. The van der Waals surface area contributed by atoms with Crippen molar-refractivity contribution >= 4 is 20.8 Å². The van der Waals surface area contributed by atoms with Crippen LogP contribution in [0.1, 0.15) is 6.92 Å². The number of sulfonamides is 1. The van der Waals surface area contributed by atoms with Crippen molar-refractivity contribution in [2.45, 2.75) is 17.9 Å². The second-order valence-electron chi connectivity index (χ2n) is 5.13. The lowest BCUT2D eigenvalue weighted by Gasteiger charge is -2.30. The third-order valence-electron chi connectivity index (χ3n) is 3.78. The number of benzene rings is 1. The predicted octanol–water partition coefficient (Wildman–Crippen LogP) is 0.191. The maximum Gasteiger partial charge on any atom is 0.244 e. The molecule has 0 aliphatic carbocycles. The Bertz CT molecular complexity index is 725. The summed E-state index contributed by atoms with van der Waals surface area (Å²) in [5.74, 6) is 0. The lowest BCUT2D eigenvalue weighted by Crippen LogP contribution is -2.91. The number of fused-ring (bicyclic) bond motifs is 1. The van der Waals surface area contributed by atoms with Gasteiger partial charge in [-0.25, -0.2) is 8.42 Å². The van der Waals surface area contributed by atoms with Crippen molar-refractivity contribution < 1.29 is 13.7 Å². The Morgan fingerprint density at radius 2 is 2.20 bits per heavy atom. The molecule has 106 valence electrons. The highest BCUT2D eigenvalue weighted by Gasteiger charge is 2.33. The molecule has 0 spiro atoms. The van der Waals surface area contributed by atoms with Crippen LogP contribution in [0, 0.1) is 0 Å². The molecular formula is C14H18N3O2S+. The van der Waals surface area contributed by atoms with Crippen molar-refractivity contribution in [3.8, 4) is 0 Å². The van der Waals surface area contributed by atoms with Gasteiger partial charge in [0, 0.05) is 23.2 Å². The lowest BCUT2D eigenvalue weighted by molar-refractivity contribution is -0.666. The monoisotopic (exact) mass is 292 g/mol. The molecule has 1 saturated heterocycles. The first kappa shape index (κ1) is 13.5. The largest absolute Gasteiger partial charge is 0.344 e. The van der Waals surface area contributed by atoms with E-state index in [9.17, 15) is 8.42 Å². The molecule has 0 bridgehead atoms. The molecule has 1 aromatic carbocycles. The molecule has 1 aliphatic rings. The van der Waals surface area contributed by atoms with Gasteiger partial charge in [-0.3, -0.25) is 4.98 Å². The average molecular weight is 292 g/mol. The van der Waals surface area contributed by atoms with E-state index in [4.69, 9.17) is 0 Å². The van der Waals surface area contributed by atoms with Gasteiger partial charge >= 0.3 is 0 Å². The van der Waals surface area contributed by atoms with Gasteiger partial charge in [-0.15, -0.1) is 0 Å². The summed E-state index contributed by atoms with van der Waals surface area (Å²) in [5.41, 5.74) is 0. The minimum absolute atomic E-state index is 0.0193. The van der Waals surface area contributed by atoms with E-state index in [1.165, 1.54) is 0 Å². The zero-order valence-electron chi connectivity index (χ0n) is 11.4. The van der Waals surface area contributed by atoms with E-state index in [2.05, 4.69) is 10.3 Å². The van der Waals surface area contributed by atoms with Crippen molar-refractivity contribution in [1.82, 2.24) is 9.29 Å². The third-order valence-corrected chi connectivity index (χ3v) is 5.85. The van der Waals surface area contributed by atoms with E-state index in [1.807, 2.05) is 13.0 Å². The van der Waals surface area contributed by atoms with E-state index in [-0.39, 0.29) is 6.04 Å². The average Bonchev–Trinajstić information content (AvgIpc) is 2.47. The zero-order chi connectivity index (χ0) is 14.2. The first-order chi connectivity index (χ1) is 9.60. The molecule has 20 heavy (non-hydrogen) atoms. The number of pyridine rings is 1. The number of aromatic nitrogens is 1. The van der Waals surface area contributed by atoms with Gasteiger partial charge in [-0.05, 0) is 19.1 Å². The fraction of sp³-hybridized carbons (Fsp3) is 0.357. The van der Waals surface area contributed by atoms with Crippen LogP contribution in [0.3, 0.4) is 0 Å². The molecule has 1 fully saturated rings. The fourth-order valence-corrected chi connectivity index (χ4v) is 4.59. The van der Waals surface area contributed by atoms with Crippen LogP contribution in [0.4, 0.5) is 0 Å². The summed E-state index contributed by atoms with van der Waals surface area (Å²) in [4.78, 5) is 4.43. The SMILES string of the molecule is C[C@@H]1C[NH2+]CCN1S(=O)(=O)c1cccc2cnccc12. The quantitative estimate of drug-likeness (QED) is 0.859. The van der Waals surface area contributed by atoms with Gasteiger partial charge in [-0.2, -0.15) is 4.31 Å². The van der Waals surface area contributed by atoms with E-state index in [0.29, 0.717) is 11.4 Å². The van der Waals surface area contributed by atoms with Crippen LogP contribution in [0.5, 0.6) is 0 Å². The summed E-state index contributed by atoms with van der Waals surface area (Å²) in [6, 6.07) is 7.13. The predicted molar refractivity (Wildman–Crippen MR) is 76.8 cm³/mol. The molecule has 3 rings (SSSR count). The third kappa shape index (κ3) is 2.19. The Morgan fingerprint density at radius 3 is 3.00 bits per heavy atom. The number of nitrogens with two attached hydrogens (primary N) is 1. The first-order valence-corrected chi connectivity index (χ1v) is 8.21. The summed E-state index contributed by atoms with van der Waals surface area (Å²) in [6.45, 7) is 4.15. The maximum absolute atomic E-state index is 12.9. The van der Waals surface area contributed by atoms with Crippen LogP contribution in [-0.4, -0.2) is 43.4 Å². The van der Waals surface area contributed by atoms with Crippen LogP contribution in [-0.2, 0) is 10.0 Å². The summed E-state index contributed by atoms with van der Waals surface area (Å²) in [5, 5.41) is 3.75. The number of hydrogen-bond acceptors (Lipinski definition) is 3. The van der Waals surface area contributed by atoms with E-state index >= 15 is 0 Å². The minimum atomic E-state index is -3.45. The van der Waals surface area contributed by atoms with Gasteiger partial charge in [0.2, 0.25) is 10.0 Å². The van der Waals surface area contributed by atoms with Crippen molar-refractivity contribution in [1.29, 1.82) is 0 Å². The first-order valence-electron chi connectivity index (χ1n) is 6.77.